The van der Waals surface area contributed by atoms with Gasteiger partial charge in [0.15, 0.2) is 5.60 Å². The fourth-order valence-electron chi connectivity index (χ4n) is 3.19. The van der Waals surface area contributed by atoms with Crippen LogP contribution in [0.3, 0.4) is 0 Å². The largest absolute Gasteiger partial charge is 0.360 e. The number of carbonyl (C=O) groups excluding carboxylic acids is 2. The number of hydrogen-bond donors (Lipinski definition) is 2. The van der Waals surface area contributed by atoms with E-state index < -0.39 is 5.60 Å². The minimum Gasteiger partial charge on any atom is -0.360 e. The third kappa shape index (κ3) is 3.72. The number of carbonyl (C=O) groups is 2. The van der Waals surface area contributed by atoms with Gasteiger partial charge in [-0.1, -0.05) is 48.5 Å². The van der Waals surface area contributed by atoms with Gasteiger partial charge < -0.3 is 15.4 Å². The fraction of sp³-hybridized carbons (Fsp3) is 0.300. The van der Waals surface area contributed by atoms with Gasteiger partial charge >= 0.3 is 0 Å². The Kier molecular flexibility index (Phi) is 5.14. The van der Waals surface area contributed by atoms with Crippen molar-refractivity contribution in [2.24, 2.45) is 0 Å². The number of para-hydroxylation sites is 1. The topological polar surface area (TPSA) is 67.4 Å². The Labute approximate surface area is 147 Å². The van der Waals surface area contributed by atoms with Crippen molar-refractivity contribution in [3.8, 4) is 0 Å². The Morgan fingerprint density at radius 1 is 1.08 bits per heavy atom. The van der Waals surface area contributed by atoms with Crippen LogP contribution in [0.25, 0.3) is 0 Å². The van der Waals surface area contributed by atoms with Crippen LogP contribution in [-0.2, 0) is 26.5 Å². The molecule has 5 heteroatoms. The molecule has 2 aromatic carbocycles. The molecule has 1 aliphatic heterocycles. The van der Waals surface area contributed by atoms with E-state index in [0.717, 1.165) is 17.5 Å². The standard InChI is InChI=1S/C20H22N2O3/c1-15(23)22-18-11-6-5-8-16(18)14-21-19(24)20(12-7-13-25-20)17-9-3-2-4-10-17/h2-6,8-11H,7,12-14H2,1H3,(H,21,24)(H,22,23)/t20-/m1/s1. The monoisotopic (exact) mass is 338 g/mol. The Morgan fingerprint density at radius 2 is 1.80 bits per heavy atom. The summed E-state index contributed by atoms with van der Waals surface area (Å²) >= 11 is 0. The van der Waals surface area contributed by atoms with Crippen LogP contribution in [0.1, 0.15) is 30.9 Å². The minimum atomic E-state index is -0.926. The van der Waals surface area contributed by atoms with Crippen LogP contribution in [0.15, 0.2) is 54.6 Å². The SMILES string of the molecule is CC(=O)Nc1ccccc1CNC(=O)[C@]1(c2ccccc2)CCCO1. The molecule has 0 spiro atoms. The smallest absolute Gasteiger partial charge is 0.257 e. The Balaban J connectivity index is 1.77. The van der Waals surface area contributed by atoms with Crippen molar-refractivity contribution in [1.29, 1.82) is 0 Å². The second-order valence-electron chi connectivity index (χ2n) is 6.17. The lowest BCUT2D eigenvalue weighted by Gasteiger charge is -2.27. The van der Waals surface area contributed by atoms with Crippen LogP contribution >= 0.6 is 0 Å². The number of amides is 2. The van der Waals surface area contributed by atoms with E-state index in [1.165, 1.54) is 6.92 Å². The lowest BCUT2D eigenvalue weighted by Crippen LogP contribution is -2.43. The third-order valence-electron chi connectivity index (χ3n) is 4.40. The summed E-state index contributed by atoms with van der Waals surface area (Å²) in [6.45, 7) is 2.37. The van der Waals surface area contributed by atoms with E-state index in [-0.39, 0.29) is 11.8 Å². The molecule has 2 N–H and O–H groups in total. The molecule has 0 radical (unpaired) electrons. The van der Waals surface area contributed by atoms with Crippen molar-refractivity contribution < 1.29 is 14.3 Å². The molecule has 0 bridgehead atoms. The van der Waals surface area contributed by atoms with Crippen LogP contribution < -0.4 is 10.6 Å². The molecule has 5 nitrogen and oxygen atoms in total. The normalized spacial score (nSPS) is 19.4. The predicted octanol–water partition coefficient (Wildman–Crippen LogP) is 2.97. The molecular weight excluding hydrogens is 316 g/mol. The van der Waals surface area contributed by atoms with Gasteiger partial charge in [-0.15, -0.1) is 0 Å². The predicted molar refractivity (Wildman–Crippen MR) is 95.9 cm³/mol. The van der Waals surface area contributed by atoms with E-state index >= 15 is 0 Å². The molecule has 1 heterocycles. The van der Waals surface area contributed by atoms with E-state index in [4.69, 9.17) is 4.74 Å². The summed E-state index contributed by atoms with van der Waals surface area (Å²) in [7, 11) is 0. The Hall–Kier alpha value is -2.66. The highest BCUT2D eigenvalue weighted by atomic mass is 16.5. The summed E-state index contributed by atoms with van der Waals surface area (Å²) in [4.78, 5) is 24.3. The second-order valence-corrected chi connectivity index (χ2v) is 6.17. The lowest BCUT2D eigenvalue weighted by atomic mass is 9.90. The highest BCUT2D eigenvalue weighted by molar-refractivity contribution is 5.90. The van der Waals surface area contributed by atoms with Gasteiger partial charge in [0.05, 0.1) is 0 Å². The first-order chi connectivity index (χ1) is 12.1. The van der Waals surface area contributed by atoms with Crippen molar-refractivity contribution in [3.63, 3.8) is 0 Å². The Morgan fingerprint density at radius 3 is 2.48 bits per heavy atom. The highest BCUT2D eigenvalue weighted by Gasteiger charge is 2.44. The van der Waals surface area contributed by atoms with Crippen LogP contribution in [0.2, 0.25) is 0 Å². The van der Waals surface area contributed by atoms with Crippen molar-refractivity contribution in [2.45, 2.75) is 31.9 Å². The molecule has 25 heavy (non-hydrogen) atoms. The van der Waals surface area contributed by atoms with Crippen LogP contribution in [0.4, 0.5) is 5.69 Å². The molecule has 1 atom stereocenters. The molecule has 2 amide bonds. The third-order valence-corrected chi connectivity index (χ3v) is 4.40. The molecule has 3 rings (SSSR count). The maximum absolute atomic E-state index is 13.0. The maximum atomic E-state index is 13.0. The van der Waals surface area contributed by atoms with Gasteiger partial charge in [-0.25, -0.2) is 0 Å². The molecule has 0 saturated carbocycles. The molecule has 1 fully saturated rings. The van der Waals surface area contributed by atoms with E-state index in [1.807, 2.05) is 54.6 Å². The van der Waals surface area contributed by atoms with E-state index in [0.29, 0.717) is 25.3 Å². The summed E-state index contributed by atoms with van der Waals surface area (Å²) in [5.74, 6) is -0.285. The molecule has 130 valence electrons. The number of hydrogen-bond acceptors (Lipinski definition) is 3. The molecule has 0 aliphatic carbocycles. The van der Waals surface area contributed by atoms with E-state index in [2.05, 4.69) is 10.6 Å². The van der Waals surface area contributed by atoms with E-state index in [1.54, 1.807) is 0 Å². The average Bonchev–Trinajstić information content (AvgIpc) is 3.12. The van der Waals surface area contributed by atoms with Gasteiger partial charge in [-0.2, -0.15) is 0 Å². The van der Waals surface area contributed by atoms with Gasteiger partial charge in [0.1, 0.15) is 0 Å². The lowest BCUT2D eigenvalue weighted by molar-refractivity contribution is -0.142. The zero-order valence-corrected chi connectivity index (χ0v) is 14.2. The van der Waals surface area contributed by atoms with Gasteiger partial charge in [-0.05, 0) is 30.0 Å². The zero-order valence-electron chi connectivity index (χ0n) is 14.2. The second kappa shape index (κ2) is 7.49. The zero-order chi connectivity index (χ0) is 17.7. The van der Waals surface area contributed by atoms with Crippen molar-refractivity contribution in [2.75, 3.05) is 11.9 Å². The number of rotatable bonds is 5. The van der Waals surface area contributed by atoms with Crippen molar-refractivity contribution in [1.82, 2.24) is 5.32 Å². The van der Waals surface area contributed by atoms with Crippen LogP contribution in [0, 0.1) is 0 Å². The summed E-state index contributed by atoms with van der Waals surface area (Å²) < 4.78 is 5.89. The van der Waals surface area contributed by atoms with Gasteiger partial charge in [0.25, 0.3) is 5.91 Å². The average molecular weight is 338 g/mol. The molecule has 1 saturated heterocycles. The first kappa shape index (κ1) is 17.2. The molecule has 0 aromatic heterocycles. The Bertz CT molecular complexity index is 753. The first-order valence-corrected chi connectivity index (χ1v) is 8.45. The van der Waals surface area contributed by atoms with E-state index in [9.17, 15) is 9.59 Å². The molecular formula is C20H22N2O3. The summed E-state index contributed by atoms with van der Waals surface area (Å²) in [5.41, 5.74) is 1.51. The molecule has 0 unspecified atom stereocenters. The van der Waals surface area contributed by atoms with Crippen molar-refractivity contribution >= 4 is 17.5 Å². The quantitative estimate of drug-likeness (QED) is 0.881. The summed E-state index contributed by atoms with van der Waals surface area (Å²) in [5, 5.41) is 5.76. The minimum absolute atomic E-state index is 0.140. The van der Waals surface area contributed by atoms with Gasteiger partial charge in [0, 0.05) is 25.8 Å². The first-order valence-electron chi connectivity index (χ1n) is 8.45. The number of anilines is 1. The summed E-state index contributed by atoms with van der Waals surface area (Å²) in [6, 6.07) is 17.0. The maximum Gasteiger partial charge on any atom is 0.257 e. The number of nitrogens with one attached hydrogen (secondary N) is 2. The van der Waals surface area contributed by atoms with Gasteiger partial charge in [-0.3, -0.25) is 9.59 Å². The van der Waals surface area contributed by atoms with Crippen molar-refractivity contribution in [3.05, 3.63) is 65.7 Å². The number of ether oxygens (including phenoxy) is 1. The van der Waals surface area contributed by atoms with Crippen LogP contribution in [0.5, 0.6) is 0 Å². The van der Waals surface area contributed by atoms with Crippen LogP contribution in [-0.4, -0.2) is 18.4 Å². The highest BCUT2D eigenvalue weighted by Crippen LogP contribution is 2.36. The summed E-state index contributed by atoms with van der Waals surface area (Å²) in [6.07, 6.45) is 1.51. The molecule has 2 aromatic rings. The number of benzene rings is 2. The fourth-order valence-corrected chi connectivity index (χ4v) is 3.19. The van der Waals surface area contributed by atoms with Gasteiger partial charge in [0.2, 0.25) is 5.91 Å². The molecule has 1 aliphatic rings.